The van der Waals surface area contributed by atoms with Crippen molar-refractivity contribution in [2.45, 2.75) is 12.7 Å². The van der Waals surface area contributed by atoms with Gasteiger partial charge < -0.3 is 5.32 Å². The Kier molecular flexibility index (Phi) is 7.82. The third-order valence-corrected chi connectivity index (χ3v) is 6.11. The smallest absolute Gasteiger partial charge is 0.240 e. The largest absolute Gasteiger partial charge is 0.354 e. The van der Waals surface area contributed by atoms with E-state index >= 15 is 0 Å². The van der Waals surface area contributed by atoms with Crippen LogP contribution in [0, 0.1) is 18.6 Å². The van der Waals surface area contributed by atoms with Crippen molar-refractivity contribution in [3.8, 4) is 0 Å². The lowest BCUT2D eigenvalue weighted by molar-refractivity contribution is -0.119. The normalized spacial score (nSPS) is 11.3. The maximum absolute atomic E-state index is 13.4. The van der Waals surface area contributed by atoms with Crippen LogP contribution in [0.25, 0.3) is 0 Å². The number of benzene rings is 2. The number of halogens is 2. The molecule has 0 aromatic heterocycles. The molecule has 0 heterocycles. The number of carbonyl (C=O) groups is 1. The molecule has 9 heteroatoms. The van der Waals surface area contributed by atoms with Crippen LogP contribution in [0.1, 0.15) is 11.1 Å². The predicted molar refractivity (Wildman–Crippen MR) is 109 cm³/mol. The van der Waals surface area contributed by atoms with Crippen molar-refractivity contribution < 1.29 is 22.0 Å². The van der Waals surface area contributed by atoms with E-state index in [0.717, 1.165) is 34.5 Å². The summed E-state index contributed by atoms with van der Waals surface area (Å²) < 4.78 is 51.2. The molecule has 0 atom stereocenters. The average molecular weight is 429 g/mol. The number of rotatable bonds is 9. The molecule has 5 nitrogen and oxygen atoms in total. The van der Waals surface area contributed by atoms with Gasteiger partial charge in [0.1, 0.15) is 6.54 Å². The third-order valence-electron chi connectivity index (χ3n) is 3.97. The minimum absolute atomic E-state index is 0.106. The molecular formula is C19H22F2N2O3S2. The molecule has 152 valence electrons. The third kappa shape index (κ3) is 6.49. The number of amides is 1. The number of thioether (sulfide) groups is 1. The molecule has 1 N–H and O–H groups in total. The Labute approximate surface area is 168 Å². The van der Waals surface area contributed by atoms with E-state index in [9.17, 15) is 22.0 Å². The molecule has 0 spiro atoms. The van der Waals surface area contributed by atoms with Crippen molar-refractivity contribution in [2.24, 2.45) is 0 Å². The Balaban J connectivity index is 1.86. The lowest BCUT2D eigenvalue weighted by Gasteiger charge is -2.22. The fourth-order valence-corrected chi connectivity index (χ4v) is 4.23. The van der Waals surface area contributed by atoms with Gasteiger partial charge in [-0.3, -0.25) is 9.10 Å². The summed E-state index contributed by atoms with van der Waals surface area (Å²) in [5, 5.41) is 2.65. The van der Waals surface area contributed by atoms with E-state index in [0.29, 0.717) is 12.3 Å². The zero-order valence-electron chi connectivity index (χ0n) is 15.6. The number of nitrogens with one attached hydrogen (secondary N) is 1. The number of sulfonamides is 1. The molecule has 0 fully saturated rings. The highest BCUT2D eigenvalue weighted by atomic mass is 32.2. The van der Waals surface area contributed by atoms with Gasteiger partial charge in [-0.15, -0.1) is 0 Å². The first-order chi connectivity index (χ1) is 13.2. The van der Waals surface area contributed by atoms with Gasteiger partial charge in [0.05, 0.1) is 11.9 Å². The summed E-state index contributed by atoms with van der Waals surface area (Å²) in [6, 6.07) is 10.7. The molecule has 2 aromatic carbocycles. The van der Waals surface area contributed by atoms with Gasteiger partial charge in [-0.1, -0.05) is 24.3 Å². The second kappa shape index (κ2) is 9.88. The Morgan fingerprint density at radius 1 is 1.14 bits per heavy atom. The van der Waals surface area contributed by atoms with Gasteiger partial charge in [0, 0.05) is 24.1 Å². The molecule has 0 saturated heterocycles. The molecule has 0 radical (unpaired) electrons. The number of nitrogens with zero attached hydrogens (tertiary/aromatic N) is 1. The van der Waals surface area contributed by atoms with E-state index in [2.05, 4.69) is 5.32 Å². The van der Waals surface area contributed by atoms with Crippen LogP contribution in [0.3, 0.4) is 0 Å². The second-order valence-electron chi connectivity index (χ2n) is 6.20. The van der Waals surface area contributed by atoms with E-state index in [1.807, 2.05) is 31.2 Å². The van der Waals surface area contributed by atoms with Gasteiger partial charge in [-0.25, -0.2) is 17.2 Å². The van der Waals surface area contributed by atoms with Gasteiger partial charge in [0.15, 0.2) is 11.6 Å². The molecule has 0 bridgehead atoms. The quantitative estimate of drug-likeness (QED) is 0.624. The van der Waals surface area contributed by atoms with E-state index in [1.165, 1.54) is 11.1 Å². The molecule has 0 aliphatic carbocycles. The molecule has 1 amide bonds. The number of hydrogen-bond donors (Lipinski definition) is 1. The van der Waals surface area contributed by atoms with Gasteiger partial charge >= 0.3 is 0 Å². The van der Waals surface area contributed by atoms with Crippen LogP contribution in [0.2, 0.25) is 0 Å². The molecular weight excluding hydrogens is 406 g/mol. The molecule has 0 saturated carbocycles. The SMILES string of the molecule is Cc1ccccc1CSCCNC(=O)CN(c1ccc(F)c(F)c1)S(C)(=O)=O. The number of carbonyl (C=O) groups excluding carboxylic acids is 1. The monoisotopic (exact) mass is 428 g/mol. The Morgan fingerprint density at radius 2 is 1.86 bits per heavy atom. The Morgan fingerprint density at radius 3 is 2.50 bits per heavy atom. The summed E-state index contributed by atoms with van der Waals surface area (Å²) in [7, 11) is -3.84. The van der Waals surface area contributed by atoms with Crippen molar-refractivity contribution in [1.29, 1.82) is 0 Å². The van der Waals surface area contributed by atoms with Gasteiger partial charge in [0.2, 0.25) is 15.9 Å². The summed E-state index contributed by atoms with van der Waals surface area (Å²) in [6.07, 6.45) is 0.902. The summed E-state index contributed by atoms with van der Waals surface area (Å²) in [4.78, 5) is 12.1. The van der Waals surface area contributed by atoms with Crippen LogP contribution in [-0.4, -0.2) is 39.4 Å². The number of hydrogen-bond acceptors (Lipinski definition) is 4. The minimum Gasteiger partial charge on any atom is -0.354 e. The van der Waals surface area contributed by atoms with E-state index in [1.54, 1.807) is 11.8 Å². The van der Waals surface area contributed by atoms with Crippen LogP contribution >= 0.6 is 11.8 Å². The van der Waals surface area contributed by atoms with Crippen LogP contribution in [0.15, 0.2) is 42.5 Å². The van der Waals surface area contributed by atoms with Crippen molar-refractivity contribution >= 4 is 33.4 Å². The van der Waals surface area contributed by atoms with E-state index in [-0.39, 0.29) is 5.69 Å². The van der Waals surface area contributed by atoms with Crippen LogP contribution in [-0.2, 0) is 20.6 Å². The van der Waals surface area contributed by atoms with Crippen LogP contribution < -0.4 is 9.62 Å². The summed E-state index contributed by atoms with van der Waals surface area (Å²) >= 11 is 1.65. The molecule has 2 rings (SSSR count). The molecule has 2 aromatic rings. The van der Waals surface area contributed by atoms with E-state index in [4.69, 9.17) is 0 Å². The van der Waals surface area contributed by atoms with E-state index < -0.39 is 34.1 Å². The average Bonchev–Trinajstić information content (AvgIpc) is 2.62. The lowest BCUT2D eigenvalue weighted by atomic mass is 10.1. The maximum atomic E-state index is 13.4. The summed E-state index contributed by atoms with van der Waals surface area (Å²) in [6.45, 7) is 1.90. The van der Waals surface area contributed by atoms with Crippen LogP contribution in [0.4, 0.5) is 14.5 Å². The van der Waals surface area contributed by atoms with Gasteiger partial charge in [-0.2, -0.15) is 11.8 Å². The Bertz CT molecular complexity index is 937. The lowest BCUT2D eigenvalue weighted by Crippen LogP contribution is -2.41. The highest BCUT2D eigenvalue weighted by molar-refractivity contribution is 7.98. The minimum atomic E-state index is -3.84. The van der Waals surface area contributed by atoms with Crippen molar-refractivity contribution in [1.82, 2.24) is 5.32 Å². The zero-order valence-corrected chi connectivity index (χ0v) is 17.2. The Hall–Kier alpha value is -2.13. The van der Waals surface area contributed by atoms with Crippen LogP contribution in [0.5, 0.6) is 0 Å². The first kappa shape index (κ1) is 22.2. The van der Waals surface area contributed by atoms with Gasteiger partial charge in [-0.05, 0) is 30.2 Å². The molecule has 0 aliphatic rings. The summed E-state index contributed by atoms with van der Waals surface area (Å²) in [5.41, 5.74) is 2.32. The topological polar surface area (TPSA) is 66.5 Å². The second-order valence-corrected chi connectivity index (χ2v) is 9.21. The number of anilines is 1. The fourth-order valence-electron chi connectivity index (χ4n) is 2.44. The van der Waals surface area contributed by atoms with Crippen molar-refractivity contribution in [2.75, 3.05) is 29.4 Å². The first-order valence-corrected chi connectivity index (χ1v) is 11.5. The fraction of sp³-hybridized carbons (Fsp3) is 0.316. The standard InChI is InChI=1S/C19H22F2N2O3S2/c1-14-5-3-4-6-15(14)13-27-10-9-22-19(24)12-23(28(2,25)26)16-7-8-17(20)18(21)11-16/h3-8,11H,9-10,12-13H2,1-2H3,(H,22,24). The highest BCUT2D eigenvalue weighted by Crippen LogP contribution is 2.20. The predicted octanol–water partition coefficient (Wildman–Crippen LogP) is 3.09. The van der Waals surface area contributed by atoms with Crippen molar-refractivity contribution in [3.63, 3.8) is 0 Å². The van der Waals surface area contributed by atoms with Gasteiger partial charge in [0.25, 0.3) is 0 Å². The number of aryl methyl sites for hydroxylation is 1. The zero-order chi connectivity index (χ0) is 20.7. The first-order valence-electron chi connectivity index (χ1n) is 8.50. The highest BCUT2D eigenvalue weighted by Gasteiger charge is 2.21. The molecule has 28 heavy (non-hydrogen) atoms. The summed E-state index contributed by atoms with van der Waals surface area (Å²) in [5.74, 6) is -1.32. The maximum Gasteiger partial charge on any atom is 0.240 e. The van der Waals surface area contributed by atoms with Crippen molar-refractivity contribution in [3.05, 3.63) is 65.2 Å². The molecule has 0 aliphatic heterocycles. The molecule has 0 unspecified atom stereocenters.